The molecule has 0 aliphatic carbocycles. The van der Waals surface area contributed by atoms with Gasteiger partial charge in [0.05, 0.1) is 81.7 Å². The summed E-state index contributed by atoms with van der Waals surface area (Å²) in [5.41, 5.74) is 0.419. The predicted octanol–water partition coefficient (Wildman–Crippen LogP) is 24.7. The van der Waals surface area contributed by atoms with E-state index in [1.54, 1.807) is 15.9 Å². The Morgan fingerprint density at radius 3 is 1.17 bits per heavy atom. The SMILES string of the molecule is [2H]c1c([2H])c([2H])c(-c2c([2H])c([2H])c([2H])c(N(c3cc(N(c4c(-c5ccccc5)cccc4-c4ccccc4)c4c([2H])c5cc(c4[2H])n4c6cc(oc7cc8c(c([2H])c7[2H])c7c([2H])c([2H])c([2H])c([2H])c7n58)c([2H])c([2H])c6c5c([2H])c([2H])c([2H])c([2H])c54)cc(C(C)(C)C)c3)c3c(-c4ccccc4)cccc3-c3ccccc3)c2[2H])c([2H])c1[2H]. The predicted molar refractivity (Wildman–Crippen MR) is 392 cm³/mol. The van der Waals surface area contributed by atoms with E-state index in [0.29, 0.717) is 50.1 Å². The van der Waals surface area contributed by atoms with E-state index in [4.69, 9.17) is 11.3 Å². The number of para-hydroxylation sites is 4. The first-order valence-corrected chi connectivity index (χ1v) is 30.2. The van der Waals surface area contributed by atoms with Crippen molar-refractivity contribution < 1.29 is 35.9 Å². The molecule has 0 unspecified atom stereocenters. The van der Waals surface area contributed by atoms with Crippen molar-refractivity contribution in [3.8, 4) is 55.6 Å². The first-order valence-electron chi connectivity index (χ1n) is 41.7. The standard InChI is InChI=1S/C88H64N4O/c1-88(2,3)65-51-67(89(66-37-23-36-64(50-66)59-26-9-4-10-27-59)86-74(60-28-11-5-12-29-60)40-24-41-75(86)61-30-13-6-14-31-61)53-68(52-65)90(87-76(62-32-15-7-16-33-62)42-25-43-77(87)63-34-17-8-18-35-63)69-54-70-56-71(55-69)92-83-45-22-20-39-79(83)81-49-47-73(58-85(81)92)93-72-46-48-80-78-38-19-21-44-82(78)91(70)84(80)57-72/h4-58H,1-3H3/i4D,9D,10D,19D,20D,21D,22D,23D,26D,27D,36D,37D,38D,39D,44D,45D,46D,47D,48D,49D,50D,54D,55D. The summed E-state index contributed by atoms with van der Waals surface area (Å²) in [6.07, 6.45) is 0. The van der Waals surface area contributed by atoms with Gasteiger partial charge in [0, 0.05) is 73.0 Å². The normalized spacial score (nSPS) is 15.3. The van der Waals surface area contributed by atoms with Crippen molar-refractivity contribution in [3.05, 3.63) is 339 Å². The molecule has 14 aromatic carbocycles. The molecule has 0 fully saturated rings. The van der Waals surface area contributed by atoms with Crippen molar-refractivity contribution in [1.82, 2.24) is 8.80 Å². The maximum atomic E-state index is 11.6. The van der Waals surface area contributed by atoms with Crippen molar-refractivity contribution in [2.45, 2.75) is 26.2 Å². The smallest absolute Gasteiger partial charge is 0.129 e. The molecule has 0 aliphatic rings. The fourth-order valence-corrected chi connectivity index (χ4v) is 12.6. The fraction of sp³-hybridized carbons (Fsp3) is 0.0455. The second-order valence-corrected chi connectivity index (χ2v) is 23.5. The molecule has 0 radical (unpaired) electrons. The summed E-state index contributed by atoms with van der Waals surface area (Å²) >= 11 is 0. The summed E-state index contributed by atoms with van der Waals surface area (Å²) in [6, 6.07) is 41.5. The summed E-state index contributed by atoms with van der Waals surface area (Å²) in [5, 5.41) is -0.890. The van der Waals surface area contributed by atoms with Gasteiger partial charge in [-0.25, -0.2) is 0 Å². The van der Waals surface area contributed by atoms with Gasteiger partial charge in [-0.15, -0.1) is 0 Å². The number of hydrogen-bond acceptors (Lipinski definition) is 3. The van der Waals surface area contributed by atoms with Crippen molar-refractivity contribution in [1.29, 1.82) is 0 Å². The molecule has 0 spiro atoms. The highest BCUT2D eigenvalue weighted by atomic mass is 16.3. The van der Waals surface area contributed by atoms with E-state index in [0.717, 1.165) is 0 Å². The number of rotatable bonds is 11. The van der Waals surface area contributed by atoms with Crippen LogP contribution in [0.4, 0.5) is 34.1 Å². The highest BCUT2D eigenvalue weighted by Gasteiger charge is 2.30. The average Bonchev–Trinajstić information content (AvgIpc) is 1.36. The summed E-state index contributed by atoms with van der Waals surface area (Å²) < 4.78 is 234. The Kier molecular flexibility index (Phi) is 8.74. The summed E-state index contributed by atoms with van der Waals surface area (Å²) in [4.78, 5) is 3.28. The molecule has 0 amide bonds. The van der Waals surface area contributed by atoms with Gasteiger partial charge in [0.1, 0.15) is 11.2 Å². The van der Waals surface area contributed by atoms with Crippen molar-refractivity contribution in [2.24, 2.45) is 0 Å². The third kappa shape index (κ3) is 9.72. The van der Waals surface area contributed by atoms with Crippen molar-refractivity contribution in [3.63, 3.8) is 0 Å². The molecule has 3 aromatic heterocycles. The van der Waals surface area contributed by atoms with Crippen LogP contribution in [-0.2, 0) is 5.41 Å². The van der Waals surface area contributed by atoms with Gasteiger partial charge < -0.3 is 23.0 Å². The number of nitrogens with zero attached hydrogens (tertiary/aromatic N) is 4. The second kappa shape index (κ2) is 22.5. The highest BCUT2D eigenvalue weighted by Crippen LogP contribution is 2.53. The molecule has 17 aromatic rings. The zero-order valence-electron chi connectivity index (χ0n) is 73.2. The number of fused-ring (bicyclic) bond motifs is 12. The Morgan fingerprint density at radius 2 is 0.720 bits per heavy atom. The van der Waals surface area contributed by atoms with Crippen LogP contribution in [0.3, 0.4) is 0 Å². The van der Waals surface area contributed by atoms with Crippen LogP contribution >= 0.6 is 0 Å². The lowest BCUT2D eigenvalue weighted by molar-refractivity contribution is 0.590. The van der Waals surface area contributed by atoms with Gasteiger partial charge in [-0.3, -0.25) is 0 Å². The van der Waals surface area contributed by atoms with Crippen LogP contribution < -0.4 is 9.80 Å². The van der Waals surface area contributed by atoms with Gasteiger partial charge in [0.25, 0.3) is 0 Å². The molecule has 0 saturated heterocycles. The maximum Gasteiger partial charge on any atom is 0.129 e. The molecule has 0 saturated carbocycles. The molecule has 3 heterocycles. The van der Waals surface area contributed by atoms with Crippen molar-refractivity contribution in [2.75, 3.05) is 9.80 Å². The minimum atomic E-state index is -0.984. The van der Waals surface area contributed by atoms with Gasteiger partial charge in [-0.1, -0.05) is 257 Å². The molecule has 5 nitrogen and oxygen atoms in total. The summed E-state index contributed by atoms with van der Waals surface area (Å²) in [5.74, 6) is 0. The monoisotopic (exact) mass is 1220 g/mol. The number of hydrogen-bond donors (Lipinski definition) is 0. The van der Waals surface area contributed by atoms with Crippen molar-refractivity contribution >= 4 is 99.9 Å². The van der Waals surface area contributed by atoms with E-state index in [1.165, 1.54) is 27.0 Å². The topological polar surface area (TPSA) is 28.4 Å². The van der Waals surface area contributed by atoms with Crippen LogP contribution in [-0.4, -0.2) is 8.80 Å². The zero-order chi connectivity index (χ0) is 82.2. The third-order valence-corrected chi connectivity index (χ3v) is 16.9. The van der Waals surface area contributed by atoms with Gasteiger partial charge in [0.15, 0.2) is 0 Å². The molecular weight excluding hydrogens is 1130 g/mol. The molecule has 0 atom stereocenters. The summed E-state index contributed by atoms with van der Waals surface area (Å²) in [7, 11) is 0. The Balaban J connectivity index is 1.17. The minimum absolute atomic E-state index is 0.0966. The minimum Gasteiger partial charge on any atom is -0.457 e. The van der Waals surface area contributed by atoms with E-state index in [9.17, 15) is 24.7 Å². The van der Waals surface area contributed by atoms with Crippen LogP contribution in [0.2, 0.25) is 0 Å². The molecule has 93 heavy (non-hydrogen) atoms. The van der Waals surface area contributed by atoms with E-state index >= 15 is 0 Å². The van der Waals surface area contributed by atoms with Crippen LogP contribution in [0.25, 0.3) is 121 Å². The molecule has 17 rings (SSSR count). The van der Waals surface area contributed by atoms with Crippen LogP contribution in [0.15, 0.2) is 338 Å². The highest BCUT2D eigenvalue weighted by molar-refractivity contribution is 6.13. The fourth-order valence-electron chi connectivity index (χ4n) is 12.6. The molecular formula is C88H64N4O. The van der Waals surface area contributed by atoms with E-state index in [-0.39, 0.29) is 83.1 Å². The first kappa shape index (κ1) is 36.1. The van der Waals surface area contributed by atoms with Gasteiger partial charge >= 0.3 is 0 Å². The summed E-state index contributed by atoms with van der Waals surface area (Å²) in [6.45, 7) is 5.81. The lowest BCUT2D eigenvalue weighted by Crippen LogP contribution is -2.19. The molecule has 0 aliphatic heterocycles. The molecule has 5 heteroatoms. The lowest BCUT2D eigenvalue weighted by atomic mass is 9.85. The van der Waals surface area contributed by atoms with Gasteiger partial charge in [-0.2, -0.15) is 0 Å². The number of aromatic nitrogens is 2. The van der Waals surface area contributed by atoms with Crippen LogP contribution in [0.5, 0.6) is 0 Å². The molecule has 442 valence electrons. The van der Waals surface area contributed by atoms with Gasteiger partial charge in [-0.05, 0) is 129 Å². The zero-order valence-corrected chi connectivity index (χ0v) is 50.2. The molecule has 6 bridgehead atoms. The van der Waals surface area contributed by atoms with E-state index in [1.807, 2.05) is 191 Å². The van der Waals surface area contributed by atoms with Crippen LogP contribution in [0, 0.1) is 0 Å². The Hall–Kier alpha value is -11.9. The Labute approximate surface area is 573 Å². The quantitative estimate of drug-likeness (QED) is 0.129. The third-order valence-electron chi connectivity index (χ3n) is 16.9. The van der Waals surface area contributed by atoms with E-state index < -0.39 is 172 Å². The average molecular weight is 1220 g/mol. The maximum absolute atomic E-state index is 11.6. The van der Waals surface area contributed by atoms with Gasteiger partial charge in [0.2, 0.25) is 0 Å². The number of benzene rings is 14. The molecule has 0 N–H and O–H groups in total. The Morgan fingerprint density at radius 1 is 0.312 bits per heavy atom. The number of anilines is 6. The lowest BCUT2D eigenvalue weighted by Gasteiger charge is -2.35. The first-order chi connectivity index (χ1) is 55.3. The largest absolute Gasteiger partial charge is 0.457 e. The Bertz CT molecular complexity index is 6830. The second-order valence-electron chi connectivity index (χ2n) is 23.5. The van der Waals surface area contributed by atoms with Crippen LogP contribution in [0.1, 0.15) is 57.9 Å². The van der Waals surface area contributed by atoms with E-state index in [2.05, 4.69) is 0 Å².